The van der Waals surface area contributed by atoms with Crippen LogP contribution in [0.2, 0.25) is 0 Å². The van der Waals surface area contributed by atoms with Crippen molar-refractivity contribution in [1.82, 2.24) is 9.97 Å². The van der Waals surface area contributed by atoms with E-state index < -0.39 is 17.8 Å². The van der Waals surface area contributed by atoms with Crippen molar-refractivity contribution < 1.29 is 18.3 Å². The maximum atomic E-state index is 12.9. The molecule has 0 fully saturated rings. The van der Waals surface area contributed by atoms with Gasteiger partial charge < -0.3 is 16.2 Å². The first-order valence-corrected chi connectivity index (χ1v) is 6.46. The van der Waals surface area contributed by atoms with Crippen molar-refractivity contribution >= 4 is 11.8 Å². The lowest BCUT2D eigenvalue weighted by molar-refractivity contribution is -0.139. The van der Waals surface area contributed by atoms with Crippen LogP contribution in [-0.2, 0) is 6.18 Å². The highest BCUT2D eigenvalue weighted by molar-refractivity contribution is 5.41. The van der Waals surface area contributed by atoms with Gasteiger partial charge in [0.15, 0.2) is 0 Å². The summed E-state index contributed by atoms with van der Waals surface area (Å²) >= 11 is 0. The van der Waals surface area contributed by atoms with E-state index in [2.05, 4.69) is 15.3 Å². The number of nitrogens with one attached hydrogen (secondary N) is 1. The third-order valence-corrected chi connectivity index (χ3v) is 2.97. The Morgan fingerprint density at radius 2 is 1.95 bits per heavy atom. The fourth-order valence-corrected chi connectivity index (χ4v) is 2.04. The van der Waals surface area contributed by atoms with Crippen LogP contribution in [0.1, 0.15) is 22.9 Å². The molecule has 0 unspecified atom stereocenters. The first-order valence-electron chi connectivity index (χ1n) is 6.46. The first-order chi connectivity index (χ1) is 10.3. The topological polar surface area (TPSA) is 84.1 Å². The number of anilines is 2. The van der Waals surface area contributed by atoms with Crippen LogP contribution in [0, 0.1) is 6.92 Å². The number of aliphatic hydroxyl groups excluding tert-OH is 1. The maximum Gasteiger partial charge on any atom is 0.416 e. The van der Waals surface area contributed by atoms with Gasteiger partial charge in [0.1, 0.15) is 5.82 Å². The minimum atomic E-state index is -4.52. The van der Waals surface area contributed by atoms with Crippen LogP contribution < -0.4 is 11.1 Å². The predicted octanol–water partition coefficient (Wildman–Crippen LogP) is 2.53. The summed E-state index contributed by atoms with van der Waals surface area (Å²) in [5.41, 5.74) is 5.04. The zero-order chi connectivity index (χ0) is 16.3. The van der Waals surface area contributed by atoms with Gasteiger partial charge in [0.2, 0.25) is 5.95 Å². The van der Waals surface area contributed by atoms with E-state index in [1.54, 1.807) is 13.0 Å². The van der Waals surface area contributed by atoms with E-state index in [0.717, 1.165) is 6.07 Å². The second kappa shape index (κ2) is 6.18. The Balaban J connectivity index is 2.14. The fraction of sp³-hybridized carbons (Fsp3) is 0.286. The lowest BCUT2D eigenvalue weighted by Gasteiger charge is -2.18. The normalized spacial score (nSPS) is 13.0. The predicted molar refractivity (Wildman–Crippen MR) is 76.1 cm³/mol. The zero-order valence-electron chi connectivity index (χ0n) is 11.7. The molecule has 0 bridgehead atoms. The van der Waals surface area contributed by atoms with E-state index in [1.165, 1.54) is 18.2 Å². The molecule has 5 nitrogen and oxygen atoms in total. The number of aryl methyl sites for hydroxylation is 1. The molecule has 22 heavy (non-hydrogen) atoms. The van der Waals surface area contributed by atoms with Gasteiger partial charge in [-0.3, -0.25) is 0 Å². The molecule has 1 aromatic carbocycles. The van der Waals surface area contributed by atoms with Gasteiger partial charge >= 0.3 is 6.18 Å². The van der Waals surface area contributed by atoms with Crippen LogP contribution in [0.25, 0.3) is 0 Å². The standard InChI is InChI=1S/C14H15F3N4O/c1-8-6-12(21-13(18)20-8)19-7-11(22)9-4-2-3-5-10(9)14(15,16)17/h2-6,11,22H,7H2,1H3,(H3,18,19,20,21)/t11-/m0/s1. The molecule has 0 spiro atoms. The molecule has 0 amide bonds. The maximum absolute atomic E-state index is 12.9. The molecular formula is C14H15F3N4O. The molecule has 4 N–H and O–H groups in total. The number of hydrogen-bond donors (Lipinski definition) is 3. The average Bonchev–Trinajstić information content (AvgIpc) is 2.43. The first kappa shape index (κ1) is 16.0. The number of aliphatic hydroxyl groups is 1. The Morgan fingerprint density at radius 1 is 1.27 bits per heavy atom. The third kappa shape index (κ3) is 3.85. The van der Waals surface area contributed by atoms with Gasteiger partial charge in [0.05, 0.1) is 11.7 Å². The van der Waals surface area contributed by atoms with Crippen molar-refractivity contribution in [1.29, 1.82) is 0 Å². The van der Waals surface area contributed by atoms with Crippen molar-refractivity contribution in [3.63, 3.8) is 0 Å². The van der Waals surface area contributed by atoms with E-state index in [0.29, 0.717) is 11.5 Å². The Kier molecular flexibility index (Phi) is 4.51. The molecule has 0 aliphatic heterocycles. The summed E-state index contributed by atoms with van der Waals surface area (Å²) in [7, 11) is 0. The molecule has 118 valence electrons. The molecule has 2 aromatic rings. The summed E-state index contributed by atoms with van der Waals surface area (Å²) in [6.07, 6.45) is -5.86. The molecule has 1 atom stereocenters. The van der Waals surface area contributed by atoms with E-state index >= 15 is 0 Å². The minimum absolute atomic E-state index is 0.0488. The van der Waals surface area contributed by atoms with Crippen LogP contribution in [0.15, 0.2) is 30.3 Å². The summed E-state index contributed by atoms with van der Waals surface area (Å²) in [5.74, 6) is 0.390. The van der Waals surface area contributed by atoms with Crippen LogP contribution in [0.4, 0.5) is 24.9 Å². The van der Waals surface area contributed by atoms with Crippen LogP contribution in [0.3, 0.4) is 0 Å². The second-order valence-electron chi connectivity index (χ2n) is 4.73. The van der Waals surface area contributed by atoms with E-state index in [4.69, 9.17) is 5.73 Å². The molecule has 0 radical (unpaired) electrons. The van der Waals surface area contributed by atoms with E-state index in [9.17, 15) is 18.3 Å². The van der Waals surface area contributed by atoms with Gasteiger partial charge in [-0.25, -0.2) is 4.98 Å². The Labute approximate surface area is 125 Å². The van der Waals surface area contributed by atoms with Crippen molar-refractivity contribution in [3.8, 4) is 0 Å². The highest BCUT2D eigenvalue weighted by Gasteiger charge is 2.34. The van der Waals surface area contributed by atoms with Crippen LogP contribution in [-0.4, -0.2) is 21.6 Å². The second-order valence-corrected chi connectivity index (χ2v) is 4.73. The van der Waals surface area contributed by atoms with Crippen molar-refractivity contribution in [3.05, 3.63) is 47.2 Å². The smallest absolute Gasteiger partial charge is 0.387 e. The monoisotopic (exact) mass is 312 g/mol. The van der Waals surface area contributed by atoms with Gasteiger partial charge in [0.25, 0.3) is 0 Å². The van der Waals surface area contributed by atoms with Gasteiger partial charge in [-0.2, -0.15) is 18.2 Å². The largest absolute Gasteiger partial charge is 0.416 e. The fourth-order valence-electron chi connectivity index (χ4n) is 2.04. The number of nitrogen functional groups attached to an aromatic ring is 1. The average molecular weight is 312 g/mol. The molecule has 1 aromatic heterocycles. The number of aromatic nitrogens is 2. The number of hydrogen-bond acceptors (Lipinski definition) is 5. The summed E-state index contributed by atoms with van der Waals surface area (Å²) in [6, 6.07) is 6.49. The summed E-state index contributed by atoms with van der Waals surface area (Å²) in [4.78, 5) is 7.77. The highest BCUT2D eigenvalue weighted by atomic mass is 19.4. The summed E-state index contributed by atoms with van der Waals surface area (Å²) in [6.45, 7) is 1.57. The Morgan fingerprint density at radius 3 is 2.59 bits per heavy atom. The molecule has 0 saturated heterocycles. The number of alkyl halides is 3. The summed E-state index contributed by atoms with van der Waals surface area (Å²) < 4.78 is 38.7. The lowest BCUT2D eigenvalue weighted by atomic mass is 10.0. The van der Waals surface area contributed by atoms with Gasteiger partial charge in [0, 0.05) is 18.3 Å². The summed E-state index contributed by atoms with van der Waals surface area (Å²) in [5, 5.41) is 12.8. The van der Waals surface area contributed by atoms with Crippen molar-refractivity contribution in [2.24, 2.45) is 0 Å². The van der Waals surface area contributed by atoms with E-state index in [1.807, 2.05) is 0 Å². The molecule has 0 saturated carbocycles. The molecule has 0 aliphatic carbocycles. The number of benzene rings is 1. The van der Waals surface area contributed by atoms with Gasteiger partial charge in [-0.05, 0) is 18.6 Å². The van der Waals surface area contributed by atoms with Gasteiger partial charge in [-0.15, -0.1) is 0 Å². The van der Waals surface area contributed by atoms with Crippen molar-refractivity contribution in [2.75, 3.05) is 17.6 Å². The van der Waals surface area contributed by atoms with Gasteiger partial charge in [-0.1, -0.05) is 18.2 Å². The highest BCUT2D eigenvalue weighted by Crippen LogP contribution is 2.34. The Bertz CT molecular complexity index is 641. The number of nitrogens with two attached hydrogens (primary N) is 1. The number of nitrogens with zero attached hydrogens (tertiary/aromatic N) is 2. The lowest BCUT2D eigenvalue weighted by Crippen LogP contribution is -2.18. The Hall–Kier alpha value is -2.35. The minimum Gasteiger partial charge on any atom is -0.387 e. The number of halogens is 3. The third-order valence-electron chi connectivity index (χ3n) is 2.97. The zero-order valence-corrected chi connectivity index (χ0v) is 11.7. The van der Waals surface area contributed by atoms with Crippen LogP contribution >= 0.6 is 0 Å². The molecule has 0 aliphatic rings. The SMILES string of the molecule is Cc1cc(NC[C@H](O)c2ccccc2C(F)(F)F)nc(N)n1. The van der Waals surface area contributed by atoms with E-state index in [-0.39, 0.29) is 18.1 Å². The van der Waals surface area contributed by atoms with Crippen LogP contribution in [0.5, 0.6) is 0 Å². The van der Waals surface area contributed by atoms with Crippen molar-refractivity contribution in [2.45, 2.75) is 19.2 Å². The number of rotatable bonds is 4. The molecule has 1 heterocycles. The molecular weight excluding hydrogens is 297 g/mol. The molecule has 8 heteroatoms. The quantitative estimate of drug-likeness (QED) is 0.808. The molecule has 2 rings (SSSR count).